The topological polar surface area (TPSA) is 54.0 Å². The Morgan fingerprint density at radius 3 is 3.00 bits per heavy atom. The number of thioether (sulfide) groups is 1. The van der Waals surface area contributed by atoms with E-state index in [1.165, 1.54) is 0 Å². The van der Waals surface area contributed by atoms with E-state index in [0.29, 0.717) is 0 Å². The largest absolute Gasteiger partial charge is 0.338 e. The van der Waals surface area contributed by atoms with Crippen molar-refractivity contribution in [1.82, 2.24) is 15.6 Å². The highest BCUT2D eigenvalue weighted by molar-refractivity contribution is 7.99. The summed E-state index contributed by atoms with van der Waals surface area (Å²) in [5.74, 6) is 2.23. The highest BCUT2D eigenvalue weighted by Crippen LogP contribution is 2.16. The number of rotatable bonds is 7. The fourth-order valence-corrected chi connectivity index (χ4v) is 2.84. The van der Waals surface area contributed by atoms with Gasteiger partial charge in [0.2, 0.25) is 0 Å². The number of aromatic nitrogens is 1. The third kappa shape index (κ3) is 5.73. The molecule has 0 fully saturated rings. The molecule has 0 aliphatic carbocycles. The van der Waals surface area contributed by atoms with Crippen molar-refractivity contribution in [3.05, 3.63) is 16.1 Å². The fraction of sp³-hybridized carbons (Fsp3) is 0.667. The Labute approximate surface area is 117 Å². The van der Waals surface area contributed by atoms with Gasteiger partial charge in [-0.1, -0.05) is 6.92 Å². The van der Waals surface area contributed by atoms with E-state index >= 15 is 0 Å². The summed E-state index contributed by atoms with van der Waals surface area (Å²) >= 11 is 3.47. The van der Waals surface area contributed by atoms with E-state index in [-0.39, 0.29) is 12.1 Å². The molecular weight excluding hydrogens is 266 g/mol. The van der Waals surface area contributed by atoms with Crippen LogP contribution >= 0.6 is 23.1 Å². The number of thiazole rings is 1. The molecule has 1 heterocycles. The maximum Gasteiger partial charge on any atom is 0.315 e. The molecule has 102 valence electrons. The molecule has 18 heavy (non-hydrogen) atoms. The van der Waals surface area contributed by atoms with Crippen LogP contribution in [0.2, 0.25) is 0 Å². The van der Waals surface area contributed by atoms with Crippen LogP contribution in [0.3, 0.4) is 0 Å². The van der Waals surface area contributed by atoms with Gasteiger partial charge in [-0.15, -0.1) is 11.3 Å². The molecule has 0 bridgehead atoms. The van der Waals surface area contributed by atoms with E-state index in [1.54, 1.807) is 11.3 Å². The number of hydrogen-bond donors (Lipinski definition) is 2. The molecular formula is C12H21N3OS2. The van der Waals surface area contributed by atoms with Crippen molar-refractivity contribution in [2.45, 2.75) is 33.2 Å². The summed E-state index contributed by atoms with van der Waals surface area (Å²) in [5, 5.41) is 8.70. The van der Waals surface area contributed by atoms with Crippen molar-refractivity contribution in [2.75, 3.05) is 18.1 Å². The van der Waals surface area contributed by atoms with Gasteiger partial charge in [-0.3, -0.25) is 0 Å². The summed E-state index contributed by atoms with van der Waals surface area (Å²) in [6.07, 6.45) is 1.01. The van der Waals surface area contributed by atoms with Crippen molar-refractivity contribution in [3.8, 4) is 0 Å². The van der Waals surface area contributed by atoms with Gasteiger partial charge in [0.1, 0.15) is 5.01 Å². The van der Waals surface area contributed by atoms with E-state index in [4.69, 9.17) is 0 Å². The van der Waals surface area contributed by atoms with Gasteiger partial charge in [0, 0.05) is 17.6 Å². The highest BCUT2D eigenvalue weighted by Gasteiger charge is 2.11. The van der Waals surface area contributed by atoms with Crippen LogP contribution in [0.15, 0.2) is 5.38 Å². The van der Waals surface area contributed by atoms with Crippen molar-refractivity contribution >= 4 is 29.1 Å². The lowest BCUT2D eigenvalue weighted by atomic mass is 10.3. The molecule has 4 nitrogen and oxygen atoms in total. The summed E-state index contributed by atoms with van der Waals surface area (Å²) in [6, 6.07) is -0.148. The highest BCUT2D eigenvalue weighted by atomic mass is 32.2. The number of hydrogen-bond acceptors (Lipinski definition) is 4. The molecule has 2 amide bonds. The Bertz CT molecular complexity index is 368. The molecule has 1 rings (SSSR count). The number of carbonyl (C=O) groups excluding carboxylic acids is 1. The van der Waals surface area contributed by atoms with Gasteiger partial charge in [0.05, 0.1) is 6.04 Å². The lowest BCUT2D eigenvalue weighted by Gasteiger charge is -2.12. The molecule has 0 aliphatic heterocycles. The zero-order chi connectivity index (χ0) is 13.4. The average molecular weight is 287 g/mol. The normalized spacial score (nSPS) is 12.2. The molecule has 1 atom stereocenters. The van der Waals surface area contributed by atoms with Crippen LogP contribution in [-0.4, -0.2) is 29.1 Å². The fourth-order valence-electron chi connectivity index (χ4n) is 1.40. The Morgan fingerprint density at radius 2 is 2.39 bits per heavy atom. The maximum absolute atomic E-state index is 11.6. The lowest BCUT2D eigenvalue weighted by molar-refractivity contribution is 0.238. The first-order valence-electron chi connectivity index (χ1n) is 6.17. The summed E-state index contributed by atoms with van der Waals surface area (Å²) in [7, 11) is 0. The van der Waals surface area contributed by atoms with Gasteiger partial charge in [0.15, 0.2) is 0 Å². The molecule has 0 unspecified atom stereocenters. The molecule has 0 saturated heterocycles. The average Bonchev–Trinajstić information content (AvgIpc) is 2.75. The van der Waals surface area contributed by atoms with Crippen LogP contribution in [0.1, 0.15) is 37.0 Å². The van der Waals surface area contributed by atoms with Gasteiger partial charge in [-0.25, -0.2) is 9.78 Å². The number of aryl methyl sites for hydroxylation is 1. The molecule has 0 radical (unpaired) electrons. The summed E-state index contributed by atoms with van der Waals surface area (Å²) in [5.41, 5.74) is 1.00. The number of urea groups is 1. The maximum atomic E-state index is 11.6. The van der Waals surface area contributed by atoms with Gasteiger partial charge in [-0.05, 0) is 31.8 Å². The first kappa shape index (κ1) is 15.3. The lowest BCUT2D eigenvalue weighted by Crippen LogP contribution is -2.37. The van der Waals surface area contributed by atoms with Gasteiger partial charge in [0.25, 0.3) is 0 Å². The second-order valence-corrected chi connectivity index (χ2v) is 6.28. The first-order valence-corrected chi connectivity index (χ1v) is 8.21. The smallest absolute Gasteiger partial charge is 0.315 e. The molecule has 1 aromatic rings. The predicted molar refractivity (Wildman–Crippen MR) is 79.4 cm³/mol. The molecule has 1 aromatic heterocycles. The van der Waals surface area contributed by atoms with E-state index in [1.807, 2.05) is 31.0 Å². The van der Waals surface area contributed by atoms with Crippen LogP contribution < -0.4 is 10.6 Å². The first-order chi connectivity index (χ1) is 8.63. The number of nitrogens with zero attached hydrogens (tertiary/aromatic N) is 1. The van der Waals surface area contributed by atoms with Crippen LogP contribution in [0.25, 0.3) is 0 Å². The minimum absolute atomic E-state index is 0.0336. The molecule has 6 heteroatoms. The van der Waals surface area contributed by atoms with E-state index in [9.17, 15) is 4.79 Å². The Hall–Kier alpha value is -0.750. The Kier molecular flexibility index (Phi) is 7.12. The minimum atomic E-state index is -0.114. The third-order valence-corrected chi connectivity index (χ3v) is 4.44. The molecule has 0 aliphatic rings. The second kappa shape index (κ2) is 8.37. The van der Waals surface area contributed by atoms with Crippen LogP contribution in [0.4, 0.5) is 4.79 Å². The van der Waals surface area contributed by atoms with Gasteiger partial charge >= 0.3 is 6.03 Å². The van der Waals surface area contributed by atoms with E-state index < -0.39 is 0 Å². The summed E-state index contributed by atoms with van der Waals surface area (Å²) in [4.78, 5) is 16.0. The molecule has 0 saturated carbocycles. The van der Waals surface area contributed by atoms with Crippen LogP contribution in [0.5, 0.6) is 0 Å². The Morgan fingerprint density at radius 1 is 1.61 bits per heavy atom. The van der Waals surface area contributed by atoms with Crippen LogP contribution in [0, 0.1) is 6.92 Å². The molecule has 0 spiro atoms. The number of amides is 2. The SMILES string of the molecule is CCSCCCNC(=O)N[C@@H](C)c1nc(C)cs1. The number of carbonyl (C=O) groups is 1. The van der Waals surface area contributed by atoms with E-state index in [0.717, 1.165) is 35.2 Å². The molecule has 2 N–H and O–H groups in total. The monoisotopic (exact) mass is 287 g/mol. The Balaban J connectivity index is 2.19. The van der Waals surface area contributed by atoms with Gasteiger partial charge < -0.3 is 10.6 Å². The van der Waals surface area contributed by atoms with Gasteiger partial charge in [-0.2, -0.15) is 11.8 Å². The van der Waals surface area contributed by atoms with Crippen molar-refractivity contribution < 1.29 is 4.79 Å². The quantitative estimate of drug-likeness (QED) is 0.758. The van der Waals surface area contributed by atoms with Crippen LogP contribution in [-0.2, 0) is 0 Å². The van der Waals surface area contributed by atoms with Crippen molar-refractivity contribution in [1.29, 1.82) is 0 Å². The predicted octanol–water partition coefficient (Wildman–Crippen LogP) is 2.95. The zero-order valence-corrected chi connectivity index (χ0v) is 12.8. The third-order valence-electron chi connectivity index (χ3n) is 2.31. The minimum Gasteiger partial charge on any atom is -0.338 e. The molecule has 0 aromatic carbocycles. The van der Waals surface area contributed by atoms with Crippen molar-refractivity contribution in [2.24, 2.45) is 0 Å². The van der Waals surface area contributed by atoms with E-state index in [2.05, 4.69) is 22.5 Å². The second-order valence-electron chi connectivity index (χ2n) is 4.00. The number of nitrogens with one attached hydrogen (secondary N) is 2. The van der Waals surface area contributed by atoms with Crippen molar-refractivity contribution in [3.63, 3.8) is 0 Å². The summed E-state index contributed by atoms with van der Waals surface area (Å²) < 4.78 is 0. The standard InChI is InChI=1S/C12H21N3OS2/c1-4-17-7-5-6-13-12(16)15-10(3)11-14-9(2)8-18-11/h8,10H,4-7H2,1-3H3,(H2,13,15,16)/t10-/m0/s1. The zero-order valence-electron chi connectivity index (χ0n) is 11.2. The summed E-state index contributed by atoms with van der Waals surface area (Å²) in [6.45, 7) is 6.77.